The largest absolute Gasteiger partial charge is 0.449 e. The molecule has 1 fully saturated rings. The normalized spacial score (nSPS) is 16.2. The molecular weight excluding hydrogens is 749 g/mol. The maximum Gasteiger partial charge on any atom is 0.417 e. The van der Waals surface area contributed by atoms with Crippen molar-refractivity contribution in [2.75, 3.05) is 28.3 Å². The van der Waals surface area contributed by atoms with E-state index in [4.69, 9.17) is 20.5 Å². The van der Waals surface area contributed by atoms with Gasteiger partial charge >= 0.3 is 12.1 Å². The first kappa shape index (κ1) is 36.4. The molecule has 4 heterocycles. The zero-order chi connectivity index (χ0) is 39.3. The molecule has 2 atom stereocenters. The Balaban J connectivity index is 1.16. The van der Waals surface area contributed by atoms with Crippen LogP contribution in [0.5, 0.6) is 0 Å². The lowest BCUT2D eigenvalue weighted by Gasteiger charge is -2.34. The summed E-state index contributed by atoms with van der Waals surface area (Å²) in [7, 11) is 0. The standard InChI is InChI=1S/C35H23F3N8O8S/c1-16(47)54-26(27-34(52)44(12-13-53-27)24-10-11-45(42-24)18-7-6-17(15-39)22(14-18)35(36,37)38)31(49)41-23-9-8-21-28(25(23)29(40)48)55-43-30(21)46-32(50)19-4-2-3-5-20(19)33(46)51/h2-11,14,26-27H,12-13H2,1H3,(H2,40,48)(H,41,49). The SMILES string of the molecule is CC(=O)OC(C(=O)Nc1ccc2c(N3C(=O)c4ccccc4C3=O)nsc2c1C(N)=O)C1OCCN(c2ccn(-c3ccc(C#N)c(C(F)(F)F)c3)n2)C1=O. The van der Waals surface area contributed by atoms with Gasteiger partial charge in [0.2, 0.25) is 6.10 Å². The van der Waals surface area contributed by atoms with Crippen LogP contribution in [0, 0.1) is 11.3 Å². The van der Waals surface area contributed by atoms with Gasteiger partial charge in [0.25, 0.3) is 29.5 Å². The average Bonchev–Trinajstić information content (AvgIpc) is 3.86. The predicted molar refractivity (Wildman–Crippen MR) is 185 cm³/mol. The Labute approximate surface area is 310 Å². The van der Waals surface area contributed by atoms with Crippen molar-refractivity contribution in [3.05, 3.63) is 94.7 Å². The maximum absolute atomic E-state index is 13.8. The predicted octanol–water partition coefficient (Wildman–Crippen LogP) is 3.57. The van der Waals surface area contributed by atoms with Gasteiger partial charge in [0.1, 0.15) is 0 Å². The summed E-state index contributed by atoms with van der Waals surface area (Å²) in [5.41, 5.74) is 3.79. The van der Waals surface area contributed by atoms with E-state index in [0.29, 0.717) is 0 Å². The molecule has 278 valence electrons. The highest BCUT2D eigenvalue weighted by Crippen LogP contribution is 2.39. The van der Waals surface area contributed by atoms with Crippen LogP contribution in [0.25, 0.3) is 15.8 Å². The molecule has 55 heavy (non-hydrogen) atoms. The topological polar surface area (TPSA) is 220 Å². The monoisotopic (exact) mass is 772 g/mol. The first-order chi connectivity index (χ1) is 26.2. The molecule has 0 bridgehead atoms. The summed E-state index contributed by atoms with van der Waals surface area (Å²) >= 11 is 0.731. The summed E-state index contributed by atoms with van der Waals surface area (Å²) in [5, 5.41) is 16.0. The van der Waals surface area contributed by atoms with E-state index in [1.165, 1.54) is 48.7 Å². The molecule has 5 aromatic rings. The van der Waals surface area contributed by atoms with Crippen molar-refractivity contribution in [3.8, 4) is 11.8 Å². The van der Waals surface area contributed by atoms with Gasteiger partial charge in [-0.1, -0.05) is 12.1 Å². The molecule has 0 saturated carbocycles. The molecule has 0 radical (unpaired) electrons. The Morgan fingerprint density at radius 3 is 2.42 bits per heavy atom. The molecule has 2 aromatic heterocycles. The van der Waals surface area contributed by atoms with Gasteiger partial charge in [-0.3, -0.25) is 33.7 Å². The van der Waals surface area contributed by atoms with Crippen LogP contribution in [0.4, 0.5) is 30.5 Å². The molecule has 3 N–H and O–H groups in total. The van der Waals surface area contributed by atoms with Crippen LogP contribution < -0.4 is 20.9 Å². The molecular formula is C35H23F3N8O8S. The molecule has 5 amide bonds. The number of ether oxygens (including phenoxy) is 2. The highest BCUT2D eigenvalue weighted by Gasteiger charge is 2.44. The number of carbonyl (C=O) groups is 6. The fourth-order valence-electron chi connectivity index (χ4n) is 6.18. The molecule has 0 spiro atoms. The van der Waals surface area contributed by atoms with Crippen LogP contribution in [0.15, 0.2) is 66.9 Å². The van der Waals surface area contributed by atoms with E-state index >= 15 is 0 Å². The number of nitrogens with zero attached hydrogens (tertiary/aromatic N) is 6. The van der Waals surface area contributed by atoms with Crippen molar-refractivity contribution in [3.63, 3.8) is 0 Å². The number of hydrogen-bond donors (Lipinski definition) is 2. The molecule has 2 unspecified atom stereocenters. The number of esters is 1. The second-order valence-electron chi connectivity index (χ2n) is 12.0. The minimum Gasteiger partial charge on any atom is -0.449 e. The highest BCUT2D eigenvalue weighted by atomic mass is 32.1. The minimum absolute atomic E-state index is 0.0428. The molecule has 7 rings (SSSR count). The van der Waals surface area contributed by atoms with Crippen molar-refractivity contribution in [1.29, 1.82) is 5.26 Å². The first-order valence-corrected chi connectivity index (χ1v) is 16.8. The smallest absolute Gasteiger partial charge is 0.417 e. The summed E-state index contributed by atoms with van der Waals surface area (Å²) in [6, 6.07) is 14.6. The van der Waals surface area contributed by atoms with Gasteiger partial charge in [0.05, 0.1) is 63.1 Å². The van der Waals surface area contributed by atoms with Crippen molar-refractivity contribution in [1.82, 2.24) is 14.2 Å². The number of carbonyl (C=O) groups excluding carboxylic acids is 6. The second-order valence-corrected chi connectivity index (χ2v) is 12.8. The third kappa shape index (κ3) is 6.40. The zero-order valence-electron chi connectivity index (χ0n) is 28.0. The van der Waals surface area contributed by atoms with Crippen LogP contribution in [0.1, 0.15) is 49.1 Å². The van der Waals surface area contributed by atoms with Crippen molar-refractivity contribution in [2.45, 2.75) is 25.3 Å². The summed E-state index contributed by atoms with van der Waals surface area (Å²) in [4.78, 5) is 80.8. The lowest BCUT2D eigenvalue weighted by atomic mass is 10.1. The van der Waals surface area contributed by atoms with Crippen LogP contribution in [-0.4, -0.2) is 75.0 Å². The number of morpholine rings is 1. The molecule has 16 nitrogen and oxygen atoms in total. The molecule has 1 saturated heterocycles. The third-order valence-electron chi connectivity index (χ3n) is 8.63. The van der Waals surface area contributed by atoms with E-state index in [0.717, 1.165) is 45.1 Å². The number of anilines is 3. The van der Waals surface area contributed by atoms with E-state index in [1.807, 2.05) is 0 Å². The third-order valence-corrected chi connectivity index (χ3v) is 9.50. The number of nitrogens with one attached hydrogen (secondary N) is 1. The van der Waals surface area contributed by atoms with Gasteiger partial charge in [0, 0.05) is 24.6 Å². The Morgan fingerprint density at radius 2 is 1.78 bits per heavy atom. The quantitative estimate of drug-likeness (QED) is 0.172. The lowest BCUT2D eigenvalue weighted by Crippen LogP contribution is -2.56. The summed E-state index contributed by atoms with van der Waals surface area (Å²) in [6.45, 7) is 0.688. The van der Waals surface area contributed by atoms with Crippen LogP contribution in [0.2, 0.25) is 0 Å². The Hall–Kier alpha value is -6.98. The van der Waals surface area contributed by atoms with E-state index in [1.54, 1.807) is 12.1 Å². The number of fused-ring (bicyclic) bond motifs is 2. The van der Waals surface area contributed by atoms with E-state index in [9.17, 15) is 41.9 Å². The number of benzene rings is 3. The zero-order valence-corrected chi connectivity index (χ0v) is 28.8. The number of amides is 5. The average molecular weight is 773 g/mol. The van der Waals surface area contributed by atoms with Crippen molar-refractivity contribution < 1.29 is 51.4 Å². The fourth-order valence-corrected chi connectivity index (χ4v) is 7.10. The van der Waals surface area contributed by atoms with Crippen LogP contribution in [0.3, 0.4) is 0 Å². The molecule has 20 heteroatoms. The van der Waals surface area contributed by atoms with Gasteiger partial charge in [-0.05, 0) is 54.0 Å². The van der Waals surface area contributed by atoms with Gasteiger partial charge in [0.15, 0.2) is 17.7 Å². The number of rotatable bonds is 8. The van der Waals surface area contributed by atoms with E-state index in [-0.39, 0.29) is 62.9 Å². The Morgan fingerprint density at radius 1 is 1.07 bits per heavy atom. The summed E-state index contributed by atoms with van der Waals surface area (Å²) in [6.07, 6.45) is -7.23. The molecule has 2 aliphatic heterocycles. The number of halogens is 3. The Bertz CT molecular complexity index is 2490. The highest BCUT2D eigenvalue weighted by molar-refractivity contribution is 7.14. The lowest BCUT2D eigenvalue weighted by molar-refractivity contribution is -0.167. The van der Waals surface area contributed by atoms with Crippen LogP contribution in [-0.2, 0) is 30.0 Å². The minimum atomic E-state index is -4.83. The van der Waals surface area contributed by atoms with Gasteiger partial charge in [-0.25, -0.2) is 9.58 Å². The van der Waals surface area contributed by atoms with Gasteiger partial charge in [-0.2, -0.15) is 22.8 Å². The number of nitrogens with two attached hydrogens (primary N) is 1. The number of aromatic nitrogens is 3. The maximum atomic E-state index is 13.8. The number of primary amides is 1. The van der Waals surface area contributed by atoms with Crippen LogP contribution >= 0.6 is 11.5 Å². The van der Waals surface area contributed by atoms with Gasteiger partial charge in [-0.15, -0.1) is 5.10 Å². The van der Waals surface area contributed by atoms with E-state index in [2.05, 4.69) is 14.8 Å². The fraction of sp³-hybridized carbons (Fsp3) is 0.171. The molecule has 2 aliphatic rings. The molecule has 0 aliphatic carbocycles. The summed E-state index contributed by atoms with van der Waals surface area (Å²) in [5.74, 6) is -5.36. The van der Waals surface area contributed by atoms with Crippen molar-refractivity contribution in [2.24, 2.45) is 5.73 Å². The van der Waals surface area contributed by atoms with Gasteiger partial charge < -0.3 is 20.5 Å². The number of alkyl halides is 3. The summed E-state index contributed by atoms with van der Waals surface area (Å²) < 4.78 is 57.0. The number of imide groups is 1. The number of hydrogen-bond acceptors (Lipinski definition) is 12. The van der Waals surface area contributed by atoms with Crippen molar-refractivity contribution >= 4 is 74.4 Å². The second kappa shape index (κ2) is 13.8. The first-order valence-electron chi connectivity index (χ1n) is 16.0. The van der Waals surface area contributed by atoms with E-state index < -0.39 is 65.0 Å². The molecule has 3 aromatic carbocycles. The Kier molecular flexibility index (Phi) is 9.11. The number of nitriles is 1.